The third kappa shape index (κ3) is 16.2. The Labute approximate surface area is 249 Å². The van der Waals surface area contributed by atoms with Crippen LogP contribution in [0.5, 0.6) is 11.5 Å². The fourth-order valence-corrected chi connectivity index (χ4v) is 3.76. The number of phenols is 1. The molecule has 2 aromatic rings. The van der Waals surface area contributed by atoms with E-state index in [1.807, 2.05) is 39.8 Å². The van der Waals surface area contributed by atoms with Crippen LogP contribution in [0, 0.1) is 27.7 Å². The number of carbonyl (C=O) groups excluding carboxylic acids is 2. The number of hydrogen-bond acceptors (Lipinski definition) is 7. The first kappa shape index (κ1) is 40.1. The van der Waals surface area contributed by atoms with Crippen LogP contribution in [-0.2, 0) is 9.47 Å². The van der Waals surface area contributed by atoms with Gasteiger partial charge < -0.3 is 24.8 Å². The minimum absolute atomic E-state index is 0. The minimum Gasteiger partial charge on any atom is -0.870 e. The summed E-state index contributed by atoms with van der Waals surface area (Å²) in [6.45, 7) is 12.8. The van der Waals surface area contributed by atoms with Crippen molar-refractivity contribution < 1.29 is 63.9 Å². The quantitative estimate of drug-likeness (QED) is 0.210. The summed E-state index contributed by atoms with van der Waals surface area (Å²) in [6.07, 6.45) is 1.82. The maximum atomic E-state index is 11.4. The average molecular weight is 549 g/mol. The fraction of sp³-hybridized carbons (Fsp3) is 0.500. The number of phenolic OH excluding ortho intramolecular Hbond substituents is 1. The van der Waals surface area contributed by atoms with Crippen molar-refractivity contribution in [1.29, 1.82) is 0 Å². The maximum absolute atomic E-state index is 11.4. The number of halogens is 1. The second kappa shape index (κ2) is 22.5. The van der Waals surface area contributed by atoms with Crippen molar-refractivity contribution in [2.45, 2.75) is 54.4 Å². The molecule has 0 aliphatic heterocycles. The number of benzene rings is 2. The molecule has 0 heterocycles. The topological polar surface area (TPSA) is 112 Å². The average Bonchev–Trinajstić information content (AvgIpc) is 2.74. The van der Waals surface area contributed by atoms with Gasteiger partial charge in [0, 0.05) is 50.9 Å². The number of hydrogen-bond donors (Lipinski definition) is 1. The Morgan fingerprint density at radius 2 is 1.14 bits per heavy atom. The summed E-state index contributed by atoms with van der Waals surface area (Å²) in [5.74, 6) is 1.89. The number of ketones is 2. The number of alkyl halides is 1. The van der Waals surface area contributed by atoms with Gasteiger partial charge in [-0.15, -0.1) is 11.6 Å². The van der Waals surface area contributed by atoms with Crippen molar-refractivity contribution in [2.24, 2.45) is 0 Å². The van der Waals surface area contributed by atoms with Gasteiger partial charge in [0.2, 0.25) is 0 Å². The summed E-state index contributed by atoms with van der Waals surface area (Å²) in [5.41, 5.74) is 5.13. The predicted molar refractivity (Wildman–Crippen MR) is 145 cm³/mol. The van der Waals surface area contributed by atoms with Gasteiger partial charge in [0.15, 0.2) is 11.6 Å². The molecule has 0 fully saturated rings. The number of ether oxygens (including phenoxy) is 3. The molecule has 0 atom stereocenters. The maximum Gasteiger partial charge on any atom is 1.00 e. The Morgan fingerprint density at radius 3 is 1.46 bits per heavy atom. The van der Waals surface area contributed by atoms with Crippen molar-refractivity contribution >= 4 is 23.2 Å². The van der Waals surface area contributed by atoms with Gasteiger partial charge in [-0.1, -0.05) is 0 Å². The van der Waals surface area contributed by atoms with Gasteiger partial charge >= 0.3 is 29.6 Å². The van der Waals surface area contributed by atoms with E-state index in [2.05, 4.69) is 0 Å². The second-order valence-electron chi connectivity index (χ2n) is 8.23. The van der Waals surface area contributed by atoms with E-state index < -0.39 is 0 Å². The van der Waals surface area contributed by atoms with E-state index in [1.54, 1.807) is 33.3 Å². The van der Waals surface area contributed by atoms with Crippen LogP contribution >= 0.6 is 11.6 Å². The van der Waals surface area contributed by atoms with Crippen LogP contribution in [0.4, 0.5) is 0 Å². The zero-order valence-corrected chi connectivity index (χ0v) is 26.6. The summed E-state index contributed by atoms with van der Waals surface area (Å²) in [4.78, 5) is 22.6. The standard InChI is InChI=1S/C14H20O3.C10H12O2.C4H9ClO.Na.H2O/c1-10-8-13(17-7-5-6-16-4)9-11(2)14(10)12(3)15;1-6-4-9(12)5-7(2)10(6)8(3)11;1-6-4-2-3-5;;/h8-9H,5-7H2,1-4H3;4-5,12H,1-3H3;2-4H2,1H3;;1H2/q;;;+1;/p-1. The van der Waals surface area contributed by atoms with Crippen molar-refractivity contribution in [1.82, 2.24) is 0 Å². The molecule has 204 valence electrons. The largest absolute Gasteiger partial charge is 1.00 e. The Bertz CT molecular complexity index is 898. The zero-order chi connectivity index (χ0) is 27.0. The fourth-order valence-electron chi connectivity index (χ4n) is 3.65. The molecule has 9 heteroatoms. The molecule has 2 rings (SSSR count). The van der Waals surface area contributed by atoms with Crippen LogP contribution < -0.4 is 34.3 Å². The molecule has 0 aliphatic rings. The molecule has 0 unspecified atom stereocenters. The van der Waals surface area contributed by atoms with Crippen LogP contribution in [0.1, 0.15) is 69.7 Å². The molecule has 7 nitrogen and oxygen atoms in total. The smallest absolute Gasteiger partial charge is 0.870 e. The number of rotatable bonds is 10. The third-order valence-corrected chi connectivity index (χ3v) is 5.24. The Balaban J connectivity index is -0.000000507. The molecule has 2 aromatic carbocycles. The molecule has 0 aliphatic carbocycles. The van der Waals surface area contributed by atoms with E-state index in [4.69, 9.17) is 25.8 Å². The summed E-state index contributed by atoms with van der Waals surface area (Å²) in [5, 5.41) is 9.19. The third-order valence-electron chi connectivity index (χ3n) is 4.97. The number of aryl methyl sites for hydroxylation is 4. The monoisotopic (exact) mass is 548 g/mol. The van der Waals surface area contributed by atoms with Gasteiger partial charge in [-0.25, -0.2) is 0 Å². The molecule has 0 aromatic heterocycles. The van der Waals surface area contributed by atoms with E-state index >= 15 is 0 Å². The second-order valence-corrected chi connectivity index (χ2v) is 8.61. The Morgan fingerprint density at radius 1 is 0.757 bits per heavy atom. The summed E-state index contributed by atoms with van der Waals surface area (Å²) in [6, 6.07) is 7.03. The van der Waals surface area contributed by atoms with Crippen molar-refractivity contribution in [3.63, 3.8) is 0 Å². The molecular formula is C28H42ClNaO7. The van der Waals surface area contributed by atoms with Gasteiger partial charge in [-0.2, -0.15) is 0 Å². The van der Waals surface area contributed by atoms with Gasteiger partial charge in [0.1, 0.15) is 11.5 Å². The normalized spacial score (nSPS) is 9.43. The molecular weight excluding hydrogens is 507 g/mol. The minimum atomic E-state index is 0. The molecule has 37 heavy (non-hydrogen) atoms. The first-order valence-electron chi connectivity index (χ1n) is 11.6. The van der Waals surface area contributed by atoms with E-state index in [9.17, 15) is 14.7 Å². The first-order chi connectivity index (χ1) is 16.5. The molecule has 0 spiro atoms. The number of carbonyl (C=O) groups is 2. The number of Topliss-reactive ketones (excluding diaryl/α,β-unsaturated/α-hetero) is 2. The summed E-state index contributed by atoms with van der Waals surface area (Å²) < 4.78 is 15.3. The van der Waals surface area contributed by atoms with E-state index in [1.165, 1.54) is 6.92 Å². The van der Waals surface area contributed by atoms with Crippen molar-refractivity contribution in [3.8, 4) is 11.5 Å². The summed E-state index contributed by atoms with van der Waals surface area (Å²) >= 11 is 5.30. The van der Waals surface area contributed by atoms with Crippen molar-refractivity contribution in [2.75, 3.05) is 39.9 Å². The van der Waals surface area contributed by atoms with Gasteiger partial charge in [0.05, 0.1) is 6.61 Å². The van der Waals surface area contributed by atoms with Crippen LogP contribution in [0.15, 0.2) is 24.3 Å². The molecule has 0 saturated heterocycles. The van der Waals surface area contributed by atoms with Crippen LogP contribution in [0.2, 0.25) is 0 Å². The van der Waals surface area contributed by atoms with Crippen molar-refractivity contribution in [3.05, 3.63) is 57.6 Å². The Hall–Kier alpha value is -1.45. The van der Waals surface area contributed by atoms with E-state index in [0.717, 1.165) is 53.0 Å². The predicted octanol–water partition coefficient (Wildman–Crippen LogP) is 3.22. The summed E-state index contributed by atoms with van der Waals surface area (Å²) in [7, 11) is 3.35. The molecule has 0 amide bonds. The SMILES string of the molecule is CC(=O)c1c(C)cc(O)cc1C.COCCCCl.COCCCOc1cc(C)c(C(C)=O)c(C)c1.[Na+].[OH-]. The van der Waals surface area contributed by atoms with E-state index in [-0.39, 0.29) is 52.3 Å². The zero-order valence-electron chi connectivity index (χ0n) is 23.9. The first-order valence-corrected chi connectivity index (χ1v) is 12.1. The van der Waals surface area contributed by atoms with Crippen LogP contribution in [-0.4, -0.2) is 62.1 Å². The van der Waals surface area contributed by atoms with Gasteiger partial charge in [-0.3, -0.25) is 9.59 Å². The molecule has 2 N–H and O–H groups in total. The molecule has 0 radical (unpaired) electrons. The van der Waals surface area contributed by atoms with Gasteiger partial charge in [-0.05, 0) is 94.5 Å². The van der Waals surface area contributed by atoms with Gasteiger partial charge in [0.25, 0.3) is 0 Å². The number of methoxy groups -OCH3 is 2. The molecule has 0 bridgehead atoms. The Kier molecular flexibility index (Phi) is 24.4. The van der Waals surface area contributed by atoms with Crippen LogP contribution in [0.3, 0.4) is 0 Å². The van der Waals surface area contributed by atoms with Crippen LogP contribution in [0.25, 0.3) is 0 Å². The number of aromatic hydroxyl groups is 1. The molecule has 0 saturated carbocycles. The van der Waals surface area contributed by atoms with E-state index in [0.29, 0.717) is 24.7 Å².